The summed E-state index contributed by atoms with van der Waals surface area (Å²) in [5.74, 6) is 0.696. The van der Waals surface area contributed by atoms with Crippen LogP contribution in [0.1, 0.15) is 6.42 Å². The van der Waals surface area contributed by atoms with Gasteiger partial charge in [-0.25, -0.2) is 4.98 Å². The molecular weight excluding hydrogens is 280 g/mol. The molecule has 0 aliphatic heterocycles. The first-order valence-corrected chi connectivity index (χ1v) is 7.19. The number of nitrogens with zero attached hydrogens (tertiary/aromatic N) is 1. The monoisotopic (exact) mass is 292 g/mol. The topological polar surface area (TPSA) is 42.0 Å². The van der Waals surface area contributed by atoms with E-state index < -0.39 is 0 Å². The molecule has 98 valence electrons. The largest absolute Gasteiger partial charge is 0.326 e. The van der Waals surface area contributed by atoms with E-state index >= 15 is 0 Å². The van der Waals surface area contributed by atoms with Gasteiger partial charge in [-0.2, -0.15) is 0 Å². The van der Waals surface area contributed by atoms with Gasteiger partial charge in [0, 0.05) is 29.1 Å². The molecular formula is C14H13ClN2OS. The van der Waals surface area contributed by atoms with Crippen LogP contribution in [0.25, 0.3) is 0 Å². The SMILES string of the molecule is O=C(CCSc1ccccn1)Nc1ccc(Cl)cc1. The Kier molecular flexibility index (Phi) is 5.24. The number of amides is 1. The van der Waals surface area contributed by atoms with Crippen LogP contribution < -0.4 is 5.32 Å². The summed E-state index contributed by atoms with van der Waals surface area (Å²) in [7, 11) is 0. The molecule has 0 spiro atoms. The van der Waals surface area contributed by atoms with Crippen molar-refractivity contribution in [2.75, 3.05) is 11.1 Å². The van der Waals surface area contributed by atoms with E-state index in [1.807, 2.05) is 18.2 Å². The van der Waals surface area contributed by atoms with Crippen molar-refractivity contribution in [1.29, 1.82) is 0 Å². The minimum atomic E-state index is -0.00856. The number of pyridine rings is 1. The number of carbonyl (C=O) groups is 1. The summed E-state index contributed by atoms with van der Waals surface area (Å²) in [6.45, 7) is 0. The fourth-order valence-corrected chi connectivity index (χ4v) is 2.37. The van der Waals surface area contributed by atoms with Crippen LogP contribution in [0.4, 0.5) is 5.69 Å². The normalized spacial score (nSPS) is 10.2. The lowest BCUT2D eigenvalue weighted by Gasteiger charge is -2.05. The molecule has 1 heterocycles. The number of halogens is 1. The zero-order valence-corrected chi connectivity index (χ0v) is 11.7. The first kappa shape index (κ1) is 13.9. The molecule has 0 bridgehead atoms. The van der Waals surface area contributed by atoms with Crippen molar-refractivity contribution in [3.05, 3.63) is 53.7 Å². The van der Waals surface area contributed by atoms with Gasteiger partial charge in [-0.15, -0.1) is 11.8 Å². The second-order valence-electron chi connectivity index (χ2n) is 3.82. The molecule has 19 heavy (non-hydrogen) atoms. The number of benzene rings is 1. The van der Waals surface area contributed by atoms with Crippen LogP contribution in [0.15, 0.2) is 53.7 Å². The van der Waals surface area contributed by atoms with E-state index in [9.17, 15) is 4.79 Å². The fourth-order valence-electron chi connectivity index (χ4n) is 1.44. The van der Waals surface area contributed by atoms with E-state index in [-0.39, 0.29) is 5.91 Å². The summed E-state index contributed by atoms with van der Waals surface area (Å²) in [4.78, 5) is 15.9. The molecule has 3 nitrogen and oxygen atoms in total. The Balaban J connectivity index is 1.74. The van der Waals surface area contributed by atoms with Gasteiger partial charge in [-0.3, -0.25) is 4.79 Å². The lowest BCUT2D eigenvalue weighted by molar-refractivity contribution is -0.115. The molecule has 5 heteroatoms. The highest BCUT2D eigenvalue weighted by Crippen LogP contribution is 2.16. The maximum Gasteiger partial charge on any atom is 0.225 e. The van der Waals surface area contributed by atoms with Crippen molar-refractivity contribution in [1.82, 2.24) is 4.98 Å². The van der Waals surface area contributed by atoms with Crippen LogP contribution in [0.2, 0.25) is 5.02 Å². The van der Waals surface area contributed by atoms with E-state index in [2.05, 4.69) is 10.3 Å². The molecule has 0 saturated heterocycles. The highest BCUT2D eigenvalue weighted by molar-refractivity contribution is 7.99. The lowest BCUT2D eigenvalue weighted by Crippen LogP contribution is -2.12. The Labute approximate surface area is 121 Å². The number of nitrogens with one attached hydrogen (secondary N) is 1. The molecule has 2 aromatic rings. The standard InChI is InChI=1S/C14H13ClN2OS/c15-11-4-6-12(7-5-11)17-13(18)8-10-19-14-3-1-2-9-16-14/h1-7,9H,8,10H2,(H,17,18). The van der Waals surface area contributed by atoms with Crippen molar-refractivity contribution in [3.63, 3.8) is 0 Å². The predicted molar refractivity (Wildman–Crippen MR) is 79.7 cm³/mol. The van der Waals surface area contributed by atoms with Gasteiger partial charge >= 0.3 is 0 Å². The van der Waals surface area contributed by atoms with Gasteiger partial charge in [0.25, 0.3) is 0 Å². The molecule has 0 atom stereocenters. The molecule has 0 aliphatic rings. The van der Waals surface area contributed by atoms with Crippen molar-refractivity contribution < 1.29 is 4.79 Å². The second-order valence-corrected chi connectivity index (χ2v) is 5.37. The predicted octanol–water partition coefficient (Wildman–Crippen LogP) is 3.86. The zero-order chi connectivity index (χ0) is 13.5. The number of hydrogen-bond donors (Lipinski definition) is 1. The number of rotatable bonds is 5. The Morgan fingerprint density at radius 1 is 1.21 bits per heavy atom. The van der Waals surface area contributed by atoms with Gasteiger partial charge in [-0.1, -0.05) is 17.7 Å². The number of anilines is 1. The molecule has 1 N–H and O–H groups in total. The highest BCUT2D eigenvalue weighted by atomic mass is 35.5. The van der Waals surface area contributed by atoms with E-state index in [0.717, 1.165) is 10.7 Å². The summed E-state index contributed by atoms with van der Waals surface area (Å²) < 4.78 is 0. The van der Waals surface area contributed by atoms with Gasteiger partial charge in [0.2, 0.25) is 5.91 Å². The highest BCUT2D eigenvalue weighted by Gasteiger charge is 2.03. The Hall–Kier alpha value is -1.52. The third-order valence-corrected chi connectivity index (χ3v) is 3.54. The summed E-state index contributed by atoms with van der Waals surface area (Å²) in [6.07, 6.45) is 2.19. The summed E-state index contributed by atoms with van der Waals surface area (Å²) >= 11 is 7.35. The third-order valence-electron chi connectivity index (χ3n) is 2.34. The Morgan fingerprint density at radius 3 is 2.68 bits per heavy atom. The lowest BCUT2D eigenvalue weighted by atomic mass is 10.3. The number of thioether (sulfide) groups is 1. The Bertz CT molecular complexity index is 531. The number of aromatic nitrogens is 1. The molecule has 1 aromatic carbocycles. The molecule has 1 amide bonds. The first-order valence-electron chi connectivity index (χ1n) is 5.83. The Morgan fingerprint density at radius 2 is 2.00 bits per heavy atom. The van der Waals surface area contributed by atoms with Crippen LogP contribution in [0.5, 0.6) is 0 Å². The molecule has 2 rings (SSSR count). The first-order chi connectivity index (χ1) is 9.24. The third kappa shape index (κ3) is 4.93. The van der Waals surface area contributed by atoms with Crippen molar-refractivity contribution in [2.24, 2.45) is 0 Å². The van der Waals surface area contributed by atoms with Crippen LogP contribution >= 0.6 is 23.4 Å². The van der Waals surface area contributed by atoms with Crippen LogP contribution in [-0.4, -0.2) is 16.6 Å². The molecule has 0 radical (unpaired) electrons. The van der Waals surface area contributed by atoms with E-state index in [0.29, 0.717) is 17.2 Å². The van der Waals surface area contributed by atoms with Crippen molar-refractivity contribution in [2.45, 2.75) is 11.4 Å². The maximum absolute atomic E-state index is 11.7. The molecule has 0 saturated carbocycles. The van der Waals surface area contributed by atoms with Gasteiger partial charge in [0.15, 0.2) is 0 Å². The smallest absolute Gasteiger partial charge is 0.225 e. The summed E-state index contributed by atoms with van der Waals surface area (Å²) in [5.41, 5.74) is 0.761. The maximum atomic E-state index is 11.7. The summed E-state index contributed by atoms with van der Waals surface area (Å²) in [6, 6.07) is 12.8. The van der Waals surface area contributed by atoms with Crippen LogP contribution in [0, 0.1) is 0 Å². The van der Waals surface area contributed by atoms with E-state index in [4.69, 9.17) is 11.6 Å². The minimum absolute atomic E-state index is 0.00856. The van der Waals surface area contributed by atoms with E-state index in [1.165, 1.54) is 0 Å². The zero-order valence-electron chi connectivity index (χ0n) is 10.2. The van der Waals surface area contributed by atoms with Gasteiger partial charge < -0.3 is 5.32 Å². The van der Waals surface area contributed by atoms with Crippen molar-refractivity contribution in [3.8, 4) is 0 Å². The molecule has 0 unspecified atom stereocenters. The quantitative estimate of drug-likeness (QED) is 0.851. The van der Waals surface area contributed by atoms with E-state index in [1.54, 1.807) is 42.2 Å². The van der Waals surface area contributed by atoms with Gasteiger partial charge in [0.1, 0.15) is 0 Å². The summed E-state index contributed by atoms with van der Waals surface area (Å²) in [5, 5.41) is 4.41. The fraction of sp³-hybridized carbons (Fsp3) is 0.143. The average Bonchev–Trinajstić information content (AvgIpc) is 2.43. The van der Waals surface area contributed by atoms with Gasteiger partial charge in [-0.05, 0) is 36.4 Å². The number of hydrogen-bond acceptors (Lipinski definition) is 3. The van der Waals surface area contributed by atoms with Crippen LogP contribution in [-0.2, 0) is 4.79 Å². The van der Waals surface area contributed by atoms with Crippen molar-refractivity contribution >= 4 is 35.0 Å². The minimum Gasteiger partial charge on any atom is -0.326 e. The molecule has 0 fully saturated rings. The van der Waals surface area contributed by atoms with Gasteiger partial charge in [0.05, 0.1) is 5.03 Å². The molecule has 0 aliphatic carbocycles. The van der Waals surface area contributed by atoms with Crippen LogP contribution in [0.3, 0.4) is 0 Å². The molecule has 1 aromatic heterocycles. The second kappa shape index (κ2) is 7.16. The average molecular weight is 293 g/mol. The number of carbonyl (C=O) groups excluding carboxylic acids is 1.